The molecule has 2 heterocycles. The zero-order chi connectivity index (χ0) is 12.6. The van der Waals surface area contributed by atoms with Crippen LogP contribution in [0.5, 0.6) is 0 Å². The maximum absolute atomic E-state index is 5.65. The Hall–Kier alpha value is -0.120. The van der Waals surface area contributed by atoms with Gasteiger partial charge in [-0.05, 0) is 25.2 Å². The normalized spacial score (nSPS) is 36.8. The molecule has 1 aliphatic carbocycles. The highest BCUT2D eigenvalue weighted by molar-refractivity contribution is 5.04. The molecule has 2 aliphatic heterocycles. The van der Waals surface area contributed by atoms with Crippen molar-refractivity contribution in [2.24, 2.45) is 5.92 Å². The van der Waals surface area contributed by atoms with Crippen molar-refractivity contribution in [3.8, 4) is 0 Å². The van der Waals surface area contributed by atoms with Crippen molar-refractivity contribution < 1.29 is 4.74 Å². The number of ether oxygens (including phenoxy) is 1. The van der Waals surface area contributed by atoms with E-state index in [1.54, 1.807) is 0 Å². The summed E-state index contributed by atoms with van der Waals surface area (Å²) < 4.78 is 5.65. The molecule has 104 valence electrons. The van der Waals surface area contributed by atoms with Gasteiger partial charge in [0.1, 0.15) is 0 Å². The number of rotatable bonds is 2. The average Bonchev–Trinajstić information content (AvgIpc) is 3.01. The van der Waals surface area contributed by atoms with E-state index in [4.69, 9.17) is 4.74 Å². The number of nitrogens with zero attached hydrogens (tertiary/aromatic N) is 1. The van der Waals surface area contributed by atoms with Crippen LogP contribution in [0.1, 0.15) is 46.0 Å². The van der Waals surface area contributed by atoms with E-state index in [2.05, 4.69) is 24.1 Å². The fraction of sp³-hybridized carbons (Fsp3) is 1.00. The van der Waals surface area contributed by atoms with E-state index in [-0.39, 0.29) is 0 Å². The average molecular weight is 252 g/mol. The molecule has 3 rings (SSSR count). The predicted octanol–water partition coefficient (Wildman–Crippen LogP) is 2.02. The van der Waals surface area contributed by atoms with E-state index in [0.29, 0.717) is 17.6 Å². The first-order valence-corrected chi connectivity index (χ1v) is 7.79. The highest BCUT2D eigenvalue weighted by Crippen LogP contribution is 2.39. The lowest BCUT2D eigenvalue weighted by Crippen LogP contribution is -2.67. The van der Waals surface area contributed by atoms with Crippen LogP contribution in [0.15, 0.2) is 0 Å². The maximum atomic E-state index is 5.65. The molecule has 3 nitrogen and oxygen atoms in total. The summed E-state index contributed by atoms with van der Waals surface area (Å²) in [6, 6.07) is 1.35. The number of nitrogens with one attached hydrogen (secondary N) is 1. The monoisotopic (exact) mass is 252 g/mol. The smallest absolute Gasteiger partial charge is 0.0622 e. The third kappa shape index (κ3) is 2.21. The van der Waals surface area contributed by atoms with Crippen LogP contribution in [-0.2, 0) is 4.74 Å². The largest absolute Gasteiger partial charge is 0.380 e. The van der Waals surface area contributed by atoms with Crippen LogP contribution in [0.25, 0.3) is 0 Å². The van der Waals surface area contributed by atoms with Crippen molar-refractivity contribution in [3.05, 3.63) is 0 Å². The van der Waals surface area contributed by atoms with Crippen LogP contribution in [0.2, 0.25) is 0 Å². The SMILES string of the molecule is CC(C)C1CN(C2CCOC2)C2(CCCC2)CN1. The molecule has 1 saturated carbocycles. The molecule has 3 fully saturated rings. The van der Waals surface area contributed by atoms with Gasteiger partial charge in [-0.1, -0.05) is 26.7 Å². The van der Waals surface area contributed by atoms with Gasteiger partial charge >= 0.3 is 0 Å². The Kier molecular flexibility index (Phi) is 3.65. The van der Waals surface area contributed by atoms with Gasteiger partial charge in [0.15, 0.2) is 0 Å². The van der Waals surface area contributed by atoms with Crippen LogP contribution < -0.4 is 5.32 Å². The molecular formula is C15H28N2O. The standard InChI is InChI=1S/C15H28N2O/c1-12(2)14-9-17(13-5-8-18-10-13)15(11-16-14)6-3-4-7-15/h12-14,16H,3-11H2,1-2H3. The van der Waals surface area contributed by atoms with E-state index in [1.165, 1.54) is 45.2 Å². The van der Waals surface area contributed by atoms with Crippen molar-refractivity contribution in [2.45, 2.75) is 63.6 Å². The van der Waals surface area contributed by atoms with E-state index >= 15 is 0 Å². The summed E-state index contributed by atoms with van der Waals surface area (Å²) in [6.45, 7) is 9.04. The summed E-state index contributed by atoms with van der Waals surface area (Å²) in [5.74, 6) is 0.730. The van der Waals surface area contributed by atoms with Gasteiger partial charge in [0, 0.05) is 37.3 Å². The van der Waals surface area contributed by atoms with Gasteiger partial charge in [-0.25, -0.2) is 0 Å². The summed E-state index contributed by atoms with van der Waals surface area (Å²) >= 11 is 0. The quantitative estimate of drug-likeness (QED) is 0.814. The van der Waals surface area contributed by atoms with Crippen molar-refractivity contribution in [1.29, 1.82) is 0 Å². The molecule has 0 aromatic rings. The minimum Gasteiger partial charge on any atom is -0.380 e. The van der Waals surface area contributed by atoms with Gasteiger partial charge in [-0.2, -0.15) is 0 Å². The first-order chi connectivity index (χ1) is 8.71. The molecule has 0 aromatic carbocycles. The molecule has 3 aliphatic rings. The molecule has 0 radical (unpaired) electrons. The second kappa shape index (κ2) is 5.10. The van der Waals surface area contributed by atoms with Gasteiger partial charge in [0.05, 0.1) is 6.61 Å². The summed E-state index contributed by atoms with van der Waals surface area (Å²) in [5, 5.41) is 3.82. The highest BCUT2D eigenvalue weighted by atomic mass is 16.5. The second-order valence-corrected chi connectivity index (χ2v) is 6.83. The molecule has 0 amide bonds. The minimum absolute atomic E-state index is 0.462. The molecule has 3 heteroatoms. The Labute approximate surface area is 111 Å². The number of hydrogen-bond acceptors (Lipinski definition) is 3. The predicted molar refractivity (Wildman–Crippen MR) is 73.8 cm³/mol. The summed E-state index contributed by atoms with van der Waals surface area (Å²) in [6.07, 6.45) is 6.85. The Morgan fingerprint density at radius 1 is 1.28 bits per heavy atom. The molecule has 18 heavy (non-hydrogen) atoms. The van der Waals surface area contributed by atoms with Crippen molar-refractivity contribution >= 4 is 0 Å². The van der Waals surface area contributed by atoms with Gasteiger partial charge in [-0.3, -0.25) is 4.90 Å². The first-order valence-electron chi connectivity index (χ1n) is 7.79. The third-order valence-corrected chi connectivity index (χ3v) is 5.38. The second-order valence-electron chi connectivity index (χ2n) is 6.83. The maximum Gasteiger partial charge on any atom is 0.0622 e. The van der Waals surface area contributed by atoms with Crippen LogP contribution in [0.4, 0.5) is 0 Å². The van der Waals surface area contributed by atoms with Gasteiger partial charge in [-0.15, -0.1) is 0 Å². The zero-order valence-electron chi connectivity index (χ0n) is 12.0. The fourth-order valence-electron chi connectivity index (χ4n) is 4.14. The third-order valence-electron chi connectivity index (χ3n) is 5.38. The zero-order valence-corrected chi connectivity index (χ0v) is 12.0. The number of hydrogen-bond donors (Lipinski definition) is 1. The highest BCUT2D eigenvalue weighted by Gasteiger charge is 2.47. The molecule has 2 atom stereocenters. The van der Waals surface area contributed by atoms with E-state index < -0.39 is 0 Å². The van der Waals surface area contributed by atoms with E-state index in [1.807, 2.05) is 0 Å². The molecule has 0 aromatic heterocycles. The van der Waals surface area contributed by atoms with Gasteiger partial charge < -0.3 is 10.1 Å². The Balaban J connectivity index is 1.77. The topological polar surface area (TPSA) is 24.5 Å². The lowest BCUT2D eigenvalue weighted by atomic mass is 9.86. The molecule has 1 spiro atoms. The van der Waals surface area contributed by atoms with E-state index in [0.717, 1.165) is 19.1 Å². The van der Waals surface area contributed by atoms with Crippen LogP contribution in [0, 0.1) is 5.92 Å². The van der Waals surface area contributed by atoms with Crippen LogP contribution in [0.3, 0.4) is 0 Å². The molecular weight excluding hydrogens is 224 g/mol. The van der Waals surface area contributed by atoms with Crippen LogP contribution in [-0.4, -0.2) is 48.8 Å². The number of piperazine rings is 1. The molecule has 2 saturated heterocycles. The van der Waals surface area contributed by atoms with Crippen LogP contribution >= 0.6 is 0 Å². The fourth-order valence-corrected chi connectivity index (χ4v) is 4.14. The van der Waals surface area contributed by atoms with Crippen molar-refractivity contribution in [2.75, 3.05) is 26.3 Å². The lowest BCUT2D eigenvalue weighted by Gasteiger charge is -2.51. The Bertz CT molecular complexity index is 280. The van der Waals surface area contributed by atoms with Gasteiger partial charge in [0.2, 0.25) is 0 Å². The van der Waals surface area contributed by atoms with Gasteiger partial charge in [0.25, 0.3) is 0 Å². The Morgan fingerprint density at radius 3 is 2.67 bits per heavy atom. The molecule has 0 bridgehead atoms. The first kappa shape index (κ1) is 12.9. The molecule has 1 N–H and O–H groups in total. The summed E-state index contributed by atoms with van der Waals surface area (Å²) in [4.78, 5) is 2.84. The lowest BCUT2D eigenvalue weighted by molar-refractivity contribution is -0.00608. The summed E-state index contributed by atoms with van der Waals surface area (Å²) in [7, 11) is 0. The van der Waals surface area contributed by atoms with Crippen molar-refractivity contribution in [3.63, 3.8) is 0 Å². The minimum atomic E-state index is 0.462. The summed E-state index contributed by atoms with van der Waals surface area (Å²) in [5.41, 5.74) is 0.462. The van der Waals surface area contributed by atoms with E-state index in [9.17, 15) is 0 Å². The Morgan fingerprint density at radius 2 is 2.06 bits per heavy atom. The van der Waals surface area contributed by atoms with Crippen molar-refractivity contribution in [1.82, 2.24) is 10.2 Å². The molecule has 2 unspecified atom stereocenters.